The Bertz CT molecular complexity index is 610. The Hall–Kier alpha value is -1.01. The molecule has 0 bridgehead atoms. The fourth-order valence-corrected chi connectivity index (χ4v) is 5.35. The van der Waals surface area contributed by atoms with Crippen LogP contribution in [0.3, 0.4) is 0 Å². The summed E-state index contributed by atoms with van der Waals surface area (Å²) in [6.07, 6.45) is 0.903. The molecule has 0 radical (unpaired) electrons. The van der Waals surface area contributed by atoms with E-state index in [1.165, 1.54) is 5.56 Å². The molecule has 1 unspecified atom stereocenters. The summed E-state index contributed by atoms with van der Waals surface area (Å²) >= 11 is 1.63. The van der Waals surface area contributed by atoms with Gasteiger partial charge in [0.15, 0.2) is 9.84 Å². The van der Waals surface area contributed by atoms with E-state index < -0.39 is 15.4 Å². The van der Waals surface area contributed by atoms with Gasteiger partial charge in [0.25, 0.3) is 0 Å². The molecular formula is C15H21NO3S2. The van der Waals surface area contributed by atoms with Crippen LogP contribution in [0, 0.1) is 6.92 Å². The van der Waals surface area contributed by atoms with Crippen LogP contribution < -0.4 is 5.32 Å². The molecule has 1 saturated heterocycles. The third-order valence-electron chi connectivity index (χ3n) is 3.56. The molecule has 6 heteroatoms. The van der Waals surface area contributed by atoms with E-state index in [4.69, 9.17) is 0 Å². The number of thioether (sulfide) groups is 1. The van der Waals surface area contributed by atoms with Gasteiger partial charge in [-0.15, -0.1) is 11.8 Å². The Labute approximate surface area is 130 Å². The van der Waals surface area contributed by atoms with Crippen LogP contribution in [0.25, 0.3) is 0 Å². The number of sulfone groups is 1. The molecule has 1 atom stereocenters. The van der Waals surface area contributed by atoms with Crippen LogP contribution in [0.1, 0.15) is 25.3 Å². The molecule has 1 aliphatic heterocycles. The van der Waals surface area contributed by atoms with E-state index >= 15 is 0 Å². The quantitative estimate of drug-likeness (QED) is 0.842. The molecule has 1 aromatic rings. The Balaban J connectivity index is 1.76. The molecule has 0 aliphatic carbocycles. The maximum atomic E-state index is 11.9. The first-order valence-corrected chi connectivity index (χ1v) is 9.80. The Morgan fingerprint density at radius 2 is 2.00 bits per heavy atom. The van der Waals surface area contributed by atoms with Crippen LogP contribution in [-0.2, 0) is 14.6 Å². The maximum absolute atomic E-state index is 11.9. The number of hydrogen-bond donors (Lipinski definition) is 1. The maximum Gasteiger partial charge on any atom is 0.221 e. The van der Waals surface area contributed by atoms with Crippen LogP contribution in [0.2, 0.25) is 0 Å². The summed E-state index contributed by atoms with van der Waals surface area (Å²) in [6.45, 7) is 3.85. The zero-order valence-corrected chi connectivity index (χ0v) is 14.0. The zero-order chi connectivity index (χ0) is 15.5. The Morgan fingerprint density at radius 3 is 2.57 bits per heavy atom. The zero-order valence-electron chi connectivity index (χ0n) is 12.4. The number of rotatable bonds is 5. The molecule has 21 heavy (non-hydrogen) atoms. The Morgan fingerprint density at radius 1 is 1.33 bits per heavy atom. The lowest BCUT2D eigenvalue weighted by atomic mass is 10.0. The molecule has 1 aliphatic rings. The van der Waals surface area contributed by atoms with Crippen LogP contribution >= 0.6 is 11.8 Å². The minimum absolute atomic E-state index is 0.0524. The summed E-state index contributed by atoms with van der Waals surface area (Å²) in [7, 11) is -2.99. The topological polar surface area (TPSA) is 63.2 Å². The van der Waals surface area contributed by atoms with Gasteiger partial charge < -0.3 is 5.32 Å². The number of benzene rings is 1. The van der Waals surface area contributed by atoms with Gasteiger partial charge in [0.1, 0.15) is 0 Å². The van der Waals surface area contributed by atoms with Crippen molar-refractivity contribution in [3.63, 3.8) is 0 Å². The summed E-state index contributed by atoms with van der Waals surface area (Å²) in [4.78, 5) is 13.1. The number of amides is 1. The lowest BCUT2D eigenvalue weighted by Crippen LogP contribution is -2.47. The number of carbonyl (C=O) groups excluding carboxylic acids is 1. The van der Waals surface area contributed by atoms with E-state index in [0.29, 0.717) is 18.6 Å². The Kier molecular flexibility index (Phi) is 4.99. The summed E-state index contributed by atoms with van der Waals surface area (Å²) in [5.74, 6) is 0.838. The second-order valence-electron chi connectivity index (χ2n) is 5.86. The molecule has 116 valence electrons. The van der Waals surface area contributed by atoms with E-state index in [1.807, 2.05) is 38.1 Å². The van der Waals surface area contributed by atoms with Crippen molar-refractivity contribution in [2.24, 2.45) is 0 Å². The van der Waals surface area contributed by atoms with Crippen LogP contribution in [-0.4, -0.2) is 37.1 Å². The normalized spacial score (nSPS) is 23.9. The summed E-state index contributed by atoms with van der Waals surface area (Å²) in [5.41, 5.74) is 0.622. The van der Waals surface area contributed by atoms with Crippen molar-refractivity contribution in [2.75, 3.05) is 17.3 Å². The molecule has 0 aromatic heterocycles. The van der Waals surface area contributed by atoms with Crippen molar-refractivity contribution in [1.29, 1.82) is 0 Å². The first-order valence-electron chi connectivity index (χ1n) is 6.99. The fourth-order valence-electron chi connectivity index (χ4n) is 2.40. The van der Waals surface area contributed by atoms with Gasteiger partial charge in [-0.2, -0.15) is 0 Å². The average Bonchev–Trinajstić information content (AvgIpc) is 2.65. The van der Waals surface area contributed by atoms with Crippen molar-refractivity contribution in [3.05, 3.63) is 29.8 Å². The first-order chi connectivity index (χ1) is 9.78. The molecule has 4 nitrogen and oxygen atoms in total. The first kappa shape index (κ1) is 16.4. The molecule has 0 spiro atoms. The number of aryl methyl sites for hydroxylation is 1. The van der Waals surface area contributed by atoms with Gasteiger partial charge >= 0.3 is 0 Å². The average molecular weight is 327 g/mol. The summed E-state index contributed by atoms with van der Waals surface area (Å²) < 4.78 is 23.0. The largest absolute Gasteiger partial charge is 0.350 e. The second-order valence-corrected chi connectivity index (χ2v) is 9.21. The second kappa shape index (κ2) is 6.40. The lowest BCUT2D eigenvalue weighted by Gasteiger charge is -2.23. The SMILES string of the molecule is Cc1ccc(SCCC(=O)NC2(C)CCS(=O)(=O)C2)cc1. The van der Waals surface area contributed by atoms with Gasteiger partial charge in [-0.05, 0) is 32.4 Å². The predicted molar refractivity (Wildman–Crippen MR) is 86.3 cm³/mol. The summed E-state index contributed by atoms with van der Waals surface area (Å²) in [6, 6.07) is 8.19. The monoisotopic (exact) mass is 327 g/mol. The van der Waals surface area contributed by atoms with Crippen molar-refractivity contribution in [1.82, 2.24) is 5.32 Å². The highest BCUT2D eigenvalue weighted by atomic mass is 32.2. The lowest BCUT2D eigenvalue weighted by molar-refractivity contribution is -0.122. The number of nitrogens with one attached hydrogen (secondary N) is 1. The van der Waals surface area contributed by atoms with Crippen molar-refractivity contribution in [2.45, 2.75) is 37.1 Å². The van der Waals surface area contributed by atoms with E-state index in [0.717, 1.165) is 4.90 Å². The minimum Gasteiger partial charge on any atom is -0.350 e. The number of hydrogen-bond acceptors (Lipinski definition) is 4. The standard InChI is InChI=1S/C15H21NO3S2/c1-12-3-5-13(6-4-12)20-9-7-14(17)16-15(2)8-10-21(18,19)11-15/h3-6H,7-11H2,1-2H3,(H,16,17). The summed E-state index contributed by atoms with van der Waals surface area (Å²) in [5, 5.41) is 2.87. The van der Waals surface area contributed by atoms with Gasteiger partial charge in [0.05, 0.1) is 17.0 Å². The van der Waals surface area contributed by atoms with Gasteiger partial charge in [-0.25, -0.2) is 8.42 Å². The molecule has 1 amide bonds. The highest BCUT2D eigenvalue weighted by Gasteiger charge is 2.39. The van der Waals surface area contributed by atoms with E-state index in [-0.39, 0.29) is 17.4 Å². The van der Waals surface area contributed by atoms with Crippen molar-refractivity contribution >= 4 is 27.5 Å². The molecule has 1 fully saturated rings. The highest BCUT2D eigenvalue weighted by Crippen LogP contribution is 2.23. The van der Waals surface area contributed by atoms with Crippen LogP contribution in [0.5, 0.6) is 0 Å². The highest BCUT2D eigenvalue weighted by molar-refractivity contribution is 7.99. The number of carbonyl (C=O) groups is 1. The van der Waals surface area contributed by atoms with Crippen molar-refractivity contribution in [3.8, 4) is 0 Å². The van der Waals surface area contributed by atoms with Crippen LogP contribution in [0.4, 0.5) is 0 Å². The molecule has 0 saturated carbocycles. The van der Waals surface area contributed by atoms with E-state index in [1.54, 1.807) is 11.8 Å². The third kappa shape index (κ3) is 5.04. The molecular weight excluding hydrogens is 306 g/mol. The van der Waals surface area contributed by atoms with Gasteiger partial charge in [0.2, 0.25) is 5.91 Å². The molecule has 1 heterocycles. The van der Waals surface area contributed by atoms with Gasteiger partial charge in [-0.1, -0.05) is 17.7 Å². The molecule has 1 aromatic carbocycles. The van der Waals surface area contributed by atoms with E-state index in [9.17, 15) is 13.2 Å². The van der Waals surface area contributed by atoms with Crippen molar-refractivity contribution < 1.29 is 13.2 Å². The third-order valence-corrected chi connectivity index (χ3v) is 6.48. The fraction of sp³-hybridized carbons (Fsp3) is 0.533. The van der Waals surface area contributed by atoms with Gasteiger partial charge in [0, 0.05) is 17.1 Å². The van der Waals surface area contributed by atoms with Gasteiger partial charge in [-0.3, -0.25) is 4.79 Å². The smallest absolute Gasteiger partial charge is 0.221 e. The predicted octanol–water partition coefficient (Wildman–Crippen LogP) is 2.17. The molecule has 1 N–H and O–H groups in total. The van der Waals surface area contributed by atoms with Crippen LogP contribution in [0.15, 0.2) is 29.2 Å². The molecule has 2 rings (SSSR count). The minimum atomic E-state index is -2.99. The van der Waals surface area contributed by atoms with E-state index in [2.05, 4.69) is 5.32 Å².